The van der Waals surface area contributed by atoms with E-state index in [-0.39, 0.29) is 0 Å². The van der Waals surface area contributed by atoms with E-state index in [0.29, 0.717) is 19.8 Å². The summed E-state index contributed by atoms with van der Waals surface area (Å²) in [5.41, 5.74) is -0.422. The largest absolute Gasteiger partial charge is 0.375 e. The van der Waals surface area contributed by atoms with Crippen molar-refractivity contribution in [2.75, 3.05) is 19.8 Å². The molecule has 1 rings (SSSR count). The minimum absolute atomic E-state index is 0.422. The normalized spacial score (nSPS) is 20.7. The van der Waals surface area contributed by atoms with Gasteiger partial charge >= 0.3 is 0 Å². The highest BCUT2D eigenvalue weighted by molar-refractivity contribution is 5.12. The summed E-state index contributed by atoms with van der Waals surface area (Å²) < 4.78 is 4.91. The number of nitriles is 1. The molecule has 1 aliphatic rings. The van der Waals surface area contributed by atoms with Crippen molar-refractivity contribution in [2.45, 2.75) is 5.54 Å². The molecule has 0 radical (unpaired) electrons. The van der Waals surface area contributed by atoms with Gasteiger partial charge in [-0.1, -0.05) is 6.08 Å². The van der Waals surface area contributed by atoms with Crippen molar-refractivity contribution in [2.24, 2.45) is 0 Å². The molecule has 54 valence electrons. The number of hydrogen-bond donors (Lipinski definition) is 1. The lowest BCUT2D eigenvalue weighted by molar-refractivity contribution is -0.0418. The van der Waals surface area contributed by atoms with Gasteiger partial charge in [-0.05, 0) is 0 Å². The first kappa shape index (κ1) is 7.26. The van der Waals surface area contributed by atoms with Crippen LogP contribution in [-0.4, -0.2) is 25.3 Å². The molecule has 3 heteroatoms. The van der Waals surface area contributed by atoms with Gasteiger partial charge in [0.05, 0.1) is 19.3 Å². The van der Waals surface area contributed by atoms with Crippen molar-refractivity contribution in [1.82, 2.24) is 5.32 Å². The number of rotatable bonds is 3. The van der Waals surface area contributed by atoms with Gasteiger partial charge in [0.15, 0.2) is 5.54 Å². The minimum atomic E-state index is -0.422. The molecule has 1 heterocycles. The van der Waals surface area contributed by atoms with E-state index >= 15 is 0 Å². The second kappa shape index (κ2) is 2.82. The Bertz CT molecular complexity index is 167. The van der Waals surface area contributed by atoms with E-state index < -0.39 is 5.54 Å². The molecule has 0 saturated carbocycles. The third kappa shape index (κ3) is 1.18. The Kier molecular flexibility index (Phi) is 2.05. The molecule has 0 amide bonds. The van der Waals surface area contributed by atoms with Crippen LogP contribution in [0.5, 0.6) is 0 Å². The maximum absolute atomic E-state index is 8.64. The molecule has 1 fully saturated rings. The van der Waals surface area contributed by atoms with Gasteiger partial charge in [0, 0.05) is 6.54 Å². The zero-order valence-electron chi connectivity index (χ0n) is 5.76. The van der Waals surface area contributed by atoms with Crippen LogP contribution >= 0.6 is 0 Å². The minimum Gasteiger partial charge on any atom is -0.375 e. The molecule has 0 atom stereocenters. The number of hydrogen-bond acceptors (Lipinski definition) is 3. The van der Waals surface area contributed by atoms with Gasteiger partial charge in [-0.25, -0.2) is 0 Å². The van der Waals surface area contributed by atoms with Crippen molar-refractivity contribution in [3.8, 4) is 6.07 Å². The van der Waals surface area contributed by atoms with E-state index in [1.807, 2.05) is 0 Å². The zero-order chi connectivity index (χ0) is 7.45. The SMILES string of the molecule is C=CCNC1(C#N)COC1. The molecule has 0 aromatic carbocycles. The molecule has 10 heavy (non-hydrogen) atoms. The van der Waals surface area contributed by atoms with Gasteiger partial charge in [-0.2, -0.15) is 5.26 Å². The summed E-state index contributed by atoms with van der Waals surface area (Å²) in [7, 11) is 0. The van der Waals surface area contributed by atoms with Crippen molar-refractivity contribution >= 4 is 0 Å². The van der Waals surface area contributed by atoms with Crippen molar-refractivity contribution < 1.29 is 4.74 Å². The molecule has 1 N–H and O–H groups in total. The van der Waals surface area contributed by atoms with E-state index in [2.05, 4.69) is 18.0 Å². The Morgan fingerprint density at radius 2 is 2.50 bits per heavy atom. The van der Waals surface area contributed by atoms with Crippen molar-refractivity contribution in [3.63, 3.8) is 0 Å². The third-order valence-electron chi connectivity index (χ3n) is 1.50. The number of nitrogens with zero attached hydrogens (tertiary/aromatic N) is 1. The molecular formula is C7H10N2O. The average Bonchev–Trinajstić information content (AvgIpc) is 1.87. The first-order valence-electron chi connectivity index (χ1n) is 3.18. The van der Waals surface area contributed by atoms with Crippen molar-refractivity contribution in [3.05, 3.63) is 12.7 Å². The molecule has 0 bridgehead atoms. The Morgan fingerprint density at radius 3 is 2.80 bits per heavy atom. The maximum atomic E-state index is 8.64. The van der Waals surface area contributed by atoms with Gasteiger partial charge in [-0.15, -0.1) is 6.58 Å². The quantitative estimate of drug-likeness (QED) is 0.561. The first-order chi connectivity index (χ1) is 4.83. The Morgan fingerprint density at radius 1 is 1.80 bits per heavy atom. The Hall–Kier alpha value is -0.850. The summed E-state index contributed by atoms with van der Waals surface area (Å²) in [6.07, 6.45) is 1.73. The molecule has 0 spiro atoms. The third-order valence-corrected chi connectivity index (χ3v) is 1.50. The Balaban J connectivity index is 2.35. The fourth-order valence-electron chi connectivity index (χ4n) is 0.780. The van der Waals surface area contributed by atoms with Crippen LogP contribution in [0.3, 0.4) is 0 Å². The van der Waals surface area contributed by atoms with Crippen LogP contribution < -0.4 is 5.32 Å². The molecular weight excluding hydrogens is 128 g/mol. The van der Waals surface area contributed by atoms with E-state index in [0.717, 1.165) is 0 Å². The standard InChI is InChI=1S/C7H10N2O/c1-2-3-9-7(4-8)5-10-6-7/h2,9H,1,3,5-6H2. The molecule has 0 aliphatic carbocycles. The molecule has 0 unspecified atom stereocenters. The summed E-state index contributed by atoms with van der Waals surface area (Å²) in [4.78, 5) is 0. The summed E-state index contributed by atoms with van der Waals surface area (Å²) >= 11 is 0. The van der Waals surface area contributed by atoms with E-state index in [1.54, 1.807) is 6.08 Å². The number of ether oxygens (including phenoxy) is 1. The topological polar surface area (TPSA) is 45.0 Å². The smallest absolute Gasteiger partial charge is 0.154 e. The predicted octanol–water partition coefficient (Wildman–Crippen LogP) is 0.0546. The van der Waals surface area contributed by atoms with Crippen LogP contribution in [0.4, 0.5) is 0 Å². The fraction of sp³-hybridized carbons (Fsp3) is 0.571. The van der Waals surface area contributed by atoms with E-state index in [1.165, 1.54) is 0 Å². The van der Waals surface area contributed by atoms with E-state index in [4.69, 9.17) is 10.00 Å². The van der Waals surface area contributed by atoms with Crippen LogP contribution in [0, 0.1) is 11.3 Å². The van der Waals surface area contributed by atoms with Gasteiger partial charge in [-0.3, -0.25) is 5.32 Å². The molecule has 1 aliphatic heterocycles. The van der Waals surface area contributed by atoms with Crippen LogP contribution in [-0.2, 0) is 4.74 Å². The van der Waals surface area contributed by atoms with Crippen LogP contribution in [0.25, 0.3) is 0 Å². The van der Waals surface area contributed by atoms with Gasteiger partial charge in [0.25, 0.3) is 0 Å². The van der Waals surface area contributed by atoms with Gasteiger partial charge in [0.1, 0.15) is 0 Å². The van der Waals surface area contributed by atoms with Gasteiger partial charge < -0.3 is 4.74 Å². The lowest BCUT2D eigenvalue weighted by Crippen LogP contribution is -2.59. The average molecular weight is 138 g/mol. The zero-order valence-corrected chi connectivity index (χ0v) is 5.76. The second-order valence-electron chi connectivity index (χ2n) is 2.36. The van der Waals surface area contributed by atoms with Gasteiger partial charge in [0.2, 0.25) is 0 Å². The summed E-state index contributed by atoms with van der Waals surface area (Å²) in [6.45, 7) is 5.20. The fourth-order valence-corrected chi connectivity index (χ4v) is 0.780. The maximum Gasteiger partial charge on any atom is 0.154 e. The summed E-state index contributed by atoms with van der Waals surface area (Å²) in [5.74, 6) is 0. The highest BCUT2D eigenvalue weighted by atomic mass is 16.5. The molecule has 3 nitrogen and oxygen atoms in total. The predicted molar refractivity (Wildman–Crippen MR) is 37.4 cm³/mol. The van der Waals surface area contributed by atoms with Crippen LogP contribution in [0.15, 0.2) is 12.7 Å². The molecule has 1 saturated heterocycles. The van der Waals surface area contributed by atoms with Crippen LogP contribution in [0.1, 0.15) is 0 Å². The summed E-state index contributed by atoms with van der Waals surface area (Å²) in [6, 6.07) is 2.17. The van der Waals surface area contributed by atoms with E-state index in [9.17, 15) is 0 Å². The highest BCUT2D eigenvalue weighted by Crippen LogP contribution is 2.14. The number of nitrogens with one attached hydrogen (secondary N) is 1. The Labute approximate surface area is 60.3 Å². The lowest BCUT2D eigenvalue weighted by Gasteiger charge is -2.35. The van der Waals surface area contributed by atoms with Crippen LogP contribution in [0.2, 0.25) is 0 Å². The molecule has 0 aromatic heterocycles. The van der Waals surface area contributed by atoms with Crippen molar-refractivity contribution in [1.29, 1.82) is 5.26 Å². The highest BCUT2D eigenvalue weighted by Gasteiger charge is 2.37. The summed E-state index contributed by atoms with van der Waals surface area (Å²) in [5, 5.41) is 11.7. The second-order valence-corrected chi connectivity index (χ2v) is 2.36. The monoisotopic (exact) mass is 138 g/mol. The lowest BCUT2D eigenvalue weighted by atomic mass is 10.0. The first-order valence-corrected chi connectivity index (χ1v) is 3.18. The molecule has 0 aromatic rings.